The molecule has 18 heavy (non-hydrogen) atoms. The lowest BCUT2D eigenvalue weighted by molar-refractivity contribution is 0.392. The lowest BCUT2D eigenvalue weighted by Crippen LogP contribution is -2.40. The van der Waals surface area contributed by atoms with Crippen LogP contribution in [0.15, 0.2) is 23.1 Å². The second-order valence-corrected chi connectivity index (χ2v) is 6.37. The van der Waals surface area contributed by atoms with Crippen LogP contribution in [0, 0.1) is 12.7 Å². The van der Waals surface area contributed by atoms with Crippen LogP contribution in [0.3, 0.4) is 0 Å². The fraction of sp³-hybridized carbons (Fsp3) is 0.500. The molecule has 1 unspecified atom stereocenters. The minimum Gasteiger partial charge on any atom is -0.329 e. The zero-order valence-electron chi connectivity index (χ0n) is 10.3. The van der Waals surface area contributed by atoms with E-state index in [-0.39, 0.29) is 16.5 Å². The van der Waals surface area contributed by atoms with E-state index in [9.17, 15) is 12.8 Å². The van der Waals surface area contributed by atoms with E-state index in [1.807, 2.05) is 0 Å². The van der Waals surface area contributed by atoms with E-state index in [1.54, 1.807) is 0 Å². The molecule has 1 fully saturated rings. The summed E-state index contributed by atoms with van der Waals surface area (Å²) in [6.45, 7) is 2.24. The molecule has 2 N–H and O–H groups in total. The van der Waals surface area contributed by atoms with Crippen LogP contribution in [-0.2, 0) is 10.0 Å². The van der Waals surface area contributed by atoms with Crippen molar-refractivity contribution in [3.63, 3.8) is 0 Å². The van der Waals surface area contributed by atoms with Gasteiger partial charge in [0.1, 0.15) is 5.82 Å². The zero-order valence-corrected chi connectivity index (χ0v) is 11.1. The van der Waals surface area contributed by atoms with Gasteiger partial charge < -0.3 is 5.73 Å². The largest absolute Gasteiger partial charge is 0.329 e. The van der Waals surface area contributed by atoms with Crippen LogP contribution in [-0.4, -0.2) is 31.9 Å². The van der Waals surface area contributed by atoms with Gasteiger partial charge in [0.25, 0.3) is 0 Å². The smallest absolute Gasteiger partial charge is 0.243 e. The van der Waals surface area contributed by atoms with Gasteiger partial charge in [-0.3, -0.25) is 0 Å². The first kappa shape index (κ1) is 13.5. The van der Waals surface area contributed by atoms with Gasteiger partial charge in [0, 0.05) is 24.7 Å². The number of rotatable bonds is 3. The molecular formula is C12H17FN2O2S. The van der Waals surface area contributed by atoms with Gasteiger partial charge in [-0.2, -0.15) is 4.31 Å². The van der Waals surface area contributed by atoms with Crippen molar-refractivity contribution in [1.82, 2.24) is 4.31 Å². The van der Waals surface area contributed by atoms with E-state index in [0.29, 0.717) is 13.1 Å². The highest BCUT2D eigenvalue weighted by molar-refractivity contribution is 7.89. The summed E-state index contributed by atoms with van der Waals surface area (Å²) in [4.78, 5) is 0.0443. The Morgan fingerprint density at radius 2 is 2.22 bits per heavy atom. The van der Waals surface area contributed by atoms with Crippen molar-refractivity contribution < 1.29 is 12.8 Å². The molecule has 100 valence electrons. The van der Waals surface area contributed by atoms with Gasteiger partial charge in [-0.25, -0.2) is 12.8 Å². The average molecular weight is 272 g/mol. The highest BCUT2D eigenvalue weighted by Gasteiger charge is 2.35. The van der Waals surface area contributed by atoms with Gasteiger partial charge in [0.05, 0.1) is 4.90 Å². The Labute approximate surface area is 107 Å². The number of benzene rings is 1. The Bertz CT molecular complexity index is 545. The summed E-state index contributed by atoms with van der Waals surface area (Å²) in [5.74, 6) is -0.500. The maximum absolute atomic E-state index is 13.5. The maximum Gasteiger partial charge on any atom is 0.243 e. The molecule has 0 saturated carbocycles. The predicted molar refractivity (Wildman–Crippen MR) is 67.1 cm³/mol. The van der Waals surface area contributed by atoms with Crippen LogP contribution in [0.2, 0.25) is 0 Å². The lowest BCUT2D eigenvalue weighted by atomic mass is 10.2. The van der Waals surface area contributed by atoms with Crippen LogP contribution in [0.25, 0.3) is 0 Å². The van der Waals surface area contributed by atoms with E-state index in [0.717, 1.165) is 12.8 Å². The molecule has 1 aliphatic rings. The quantitative estimate of drug-likeness (QED) is 0.900. The molecule has 6 heteroatoms. The number of sulfonamides is 1. The van der Waals surface area contributed by atoms with Crippen LogP contribution < -0.4 is 5.73 Å². The second kappa shape index (κ2) is 4.95. The van der Waals surface area contributed by atoms with Crippen LogP contribution in [0.4, 0.5) is 4.39 Å². The minimum absolute atomic E-state index is 0.0443. The van der Waals surface area contributed by atoms with Crippen molar-refractivity contribution in [2.75, 3.05) is 13.1 Å². The summed E-state index contributed by atoms with van der Waals surface area (Å²) in [7, 11) is -3.64. The van der Waals surface area contributed by atoms with Crippen molar-refractivity contribution in [3.05, 3.63) is 29.6 Å². The van der Waals surface area contributed by atoms with Crippen LogP contribution >= 0.6 is 0 Å². The third kappa shape index (κ3) is 2.15. The van der Waals surface area contributed by atoms with Crippen molar-refractivity contribution in [3.8, 4) is 0 Å². The predicted octanol–water partition coefficient (Wildman–Crippen LogP) is 1.25. The first-order chi connectivity index (χ1) is 8.48. The lowest BCUT2D eigenvalue weighted by Gasteiger charge is -2.23. The summed E-state index contributed by atoms with van der Waals surface area (Å²) >= 11 is 0. The molecule has 0 spiro atoms. The SMILES string of the molecule is Cc1c(F)cccc1S(=O)(=O)N1CCCC1CN. The van der Waals surface area contributed by atoms with Crippen molar-refractivity contribution in [2.24, 2.45) is 5.73 Å². The van der Waals surface area contributed by atoms with Gasteiger partial charge >= 0.3 is 0 Å². The molecular weight excluding hydrogens is 255 g/mol. The fourth-order valence-electron chi connectivity index (χ4n) is 2.35. The Hall–Kier alpha value is -0.980. The minimum atomic E-state index is -3.64. The summed E-state index contributed by atoms with van der Waals surface area (Å²) in [5.41, 5.74) is 5.75. The van der Waals surface area contributed by atoms with Gasteiger partial charge in [0.15, 0.2) is 0 Å². The molecule has 0 bridgehead atoms. The molecule has 0 radical (unpaired) electrons. The topological polar surface area (TPSA) is 63.4 Å². The van der Waals surface area contributed by atoms with E-state index in [2.05, 4.69) is 0 Å². The number of halogens is 1. The fourth-order valence-corrected chi connectivity index (χ4v) is 4.30. The van der Waals surface area contributed by atoms with E-state index >= 15 is 0 Å². The summed E-state index contributed by atoms with van der Waals surface area (Å²) in [6, 6.07) is 3.96. The molecule has 1 saturated heterocycles. The number of hydrogen-bond acceptors (Lipinski definition) is 3. The van der Waals surface area contributed by atoms with E-state index < -0.39 is 15.8 Å². The van der Waals surface area contributed by atoms with E-state index in [4.69, 9.17) is 5.73 Å². The third-order valence-electron chi connectivity index (χ3n) is 3.40. The molecule has 0 aromatic heterocycles. The Kier molecular flexibility index (Phi) is 3.70. The number of hydrogen-bond donors (Lipinski definition) is 1. The Balaban J connectivity index is 2.45. The van der Waals surface area contributed by atoms with Gasteiger partial charge in [-0.15, -0.1) is 0 Å². The van der Waals surface area contributed by atoms with Crippen molar-refractivity contribution in [1.29, 1.82) is 0 Å². The molecule has 1 heterocycles. The molecule has 1 atom stereocenters. The molecule has 0 amide bonds. The van der Waals surface area contributed by atoms with Crippen LogP contribution in [0.5, 0.6) is 0 Å². The summed E-state index contributed by atoms with van der Waals surface area (Å²) < 4.78 is 39.8. The highest BCUT2D eigenvalue weighted by atomic mass is 32.2. The first-order valence-electron chi connectivity index (χ1n) is 5.95. The summed E-state index contributed by atoms with van der Waals surface area (Å²) in [5, 5.41) is 0. The maximum atomic E-state index is 13.5. The molecule has 2 rings (SSSR count). The Morgan fingerprint density at radius 1 is 1.50 bits per heavy atom. The molecule has 1 aromatic rings. The van der Waals surface area contributed by atoms with Crippen molar-refractivity contribution in [2.45, 2.75) is 30.7 Å². The molecule has 4 nitrogen and oxygen atoms in total. The summed E-state index contributed by atoms with van der Waals surface area (Å²) in [6.07, 6.45) is 1.57. The van der Waals surface area contributed by atoms with E-state index in [1.165, 1.54) is 29.4 Å². The Morgan fingerprint density at radius 3 is 2.89 bits per heavy atom. The standard InChI is InChI=1S/C12H17FN2O2S/c1-9-11(13)5-2-6-12(9)18(16,17)15-7-3-4-10(15)8-14/h2,5-6,10H,3-4,7-8,14H2,1H3. The molecule has 1 aromatic carbocycles. The number of nitrogens with zero attached hydrogens (tertiary/aromatic N) is 1. The first-order valence-corrected chi connectivity index (χ1v) is 7.39. The molecule has 1 aliphatic heterocycles. The van der Waals surface area contributed by atoms with Crippen LogP contribution in [0.1, 0.15) is 18.4 Å². The second-order valence-electron chi connectivity index (χ2n) is 4.51. The van der Waals surface area contributed by atoms with Gasteiger partial charge in [-0.1, -0.05) is 6.07 Å². The highest BCUT2D eigenvalue weighted by Crippen LogP contribution is 2.28. The number of nitrogens with two attached hydrogens (primary N) is 1. The normalized spacial score (nSPS) is 21.4. The zero-order chi connectivity index (χ0) is 13.3. The van der Waals surface area contributed by atoms with Gasteiger partial charge in [0.2, 0.25) is 10.0 Å². The third-order valence-corrected chi connectivity index (χ3v) is 5.50. The molecule has 0 aliphatic carbocycles. The monoisotopic (exact) mass is 272 g/mol. The average Bonchev–Trinajstić information content (AvgIpc) is 2.81. The van der Waals surface area contributed by atoms with Gasteiger partial charge in [-0.05, 0) is 31.9 Å². The van der Waals surface area contributed by atoms with Crippen molar-refractivity contribution >= 4 is 10.0 Å².